The number of morpholine rings is 1. The van der Waals surface area contributed by atoms with Crippen LogP contribution in [0.2, 0.25) is 0 Å². The second kappa shape index (κ2) is 8.79. The number of hydrogen-bond acceptors (Lipinski definition) is 6. The molecule has 2 aliphatic heterocycles. The van der Waals surface area contributed by atoms with E-state index in [-0.39, 0.29) is 11.4 Å². The van der Waals surface area contributed by atoms with Crippen LogP contribution >= 0.6 is 27.3 Å². The number of rotatable bonds is 6. The smallest absolute Gasteiger partial charge is 0.290 e. The number of nitrogens with zero attached hydrogens (tertiary/aromatic N) is 2. The lowest BCUT2D eigenvalue weighted by atomic mass is 9.95. The quantitative estimate of drug-likeness (QED) is 0.646. The molecule has 1 fully saturated rings. The van der Waals surface area contributed by atoms with Crippen molar-refractivity contribution in [1.82, 2.24) is 9.80 Å². The van der Waals surface area contributed by atoms with Gasteiger partial charge in [0.1, 0.15) is 0 Å². The molecule has 1 amide bonds. The minimum atomic E-state index is -0.615. The Morgan fingerprint density at radius 3 is 2.69 bits per heavy atom. The van der Waals surface area contributed by atoms with E-state index in [9.17, 15) is 14.7 Å². The first kappa shape index (κ1) is 20.3. The summed E-state index contributed by atoms with van der Waals surface area (Å²) in [5.74, 6) is -1.25. The molecule has 0 saturated carbocycles. The molecule has 0 bridgehead atoms. The van der Waals surface area contributed by atoms with Crippen LogP contribution < -0.4 is 0 Å². The first-order valence-electron chi connectivity index (χ1n) is 9.44. The highest BCUT2D eigenvalue weighted by Gasteiger charge is 2.44. The van der Waals surface area contributed by atoms with Crippen molar-refractivity contribution in [3.05, 3.63) is 68.0 Å². The summed E-state index contributed by atoms with van der Waals surface area (Å²) < 4.78 is 6.24. The van der Waals surface area contributed by atoms with E-state index in [1.165, 1.54) is 11.3 Å². The molecule has 1 aromatic heterocycles. The highest BCUT2D eigenvalue weighted by atomic mass is 79.9. The Hall–Kier alpha value is -2.00. The number of benzene rings is 1. The van der Waals surface area contributed by atoms with Crippen LogP contribution in [-0.4, -0.2) is 66.0 Å². The molecule has 0 radical (unpaired) electrons. The number of thiophene rings is 1. The van der Waals surface area contributed by atoms with Crippen molar-refractivity contribution in [1.29, 1.82) is 0 Å². The lowest BCUT2D eigenvalue weighted by Gasteiger charge is -2.31. The number of halogens is 1. The van der Waals surface area contributed by atoms with Crippen LogP contribution in [0.4, 0.5) is 0 Å². The first-order valence-corrected chi connectivity index (χ1v) is 11.1. The van der Waals surface area contributed by atoms with Gasteiger partial charge in [-0.2, -0.15) is 0 Å². The molecular weight excluding hydrogens is 456 g/mol. The van der Waals surface area contributed by atoms with Crippen molar-refractivity contribution in [3.63, 3.8) is 0 Å². The van der Waals surface area contributed by atoms with E-state index < -0.39 is 17.7 Å². The summed E-state index contributed by atoms with van der Waals surface area (Å²) in [7, 11) is 0. The maximum Gasteiger partial charge on any atom is 0.290 e. The number of aliphatic hydroxyl groups excluding tert-OH is 1. The molecule has 1 atom stereocenters. The monoisotopic (exact) mass is 476 g/mol. The molecular formula is C21H21BrN2O4S. The fourth-order valence-corrected chi connectivity index (χ4v) is 4.85. The molecule has 0 unspecified atom stereocenters. The average molecular weight is 477 g/mol. The summed E-state index contributed by atoms with van der Waals surface area (Å²) >= 11 is 4.77. The Labute approximate surface area is 181 Å². The second-order valence-electron chi connectivity index (χ2n) is 6.98. The third-order valence-corrected chi connectivity index (χ3v) is 6.58. The second-order valence-corrected chi connectivity index (χ2v) is 8.84. The number of hydrogen-bond donors (Lipinski definition) is 1. The molecule has 1 aromatic carbocycles. The van der Waals surface area contributed by atoms with Crippen molar-refractivity contribution in [2.24, 2.45) is 0 Å². The Balaban J connectivity index is 1.67. The number of Topliss-reactive ketones (excluding diaryl/α,β-unsaturated/α-hetero) is 1. The molecule has 152 valence electrons. The molecule has 2 aromatic rings. The van der Waals surface area contributed by atoms with Gasteiger partial charge in [-0.15, -0.1) is 11.3 Å². The number of aliphatic hydroxyl groups is 1. The molecule has 3 heterocycles. The third-order valence-electron chi connectivity index (χ3n) is 5.22. The molecule has 8 heteroatoms. The maximum atomic E-state index is 13.2. The molecule has 29 heavy (non-hydrogen) atoms. The maximum absolute atomic E-state index is 13.2. The third kappa shape index (κ3) is 4.16. The molecule has 1 N–H and O–H groups in total. The van der Waals surface area contributed by atoms with E-state index >= 15 is 0 Å². The predicted molar refractivity (Wildman–Crippen MR) is 114 cm³/mol. The Bertz CT molecular complexity index is 938. The zero-order valence-corrected chi connectivity index (χ0v) is 18.1. The zero-order chi connectivity index (χ0) is 20.4. The lowest BCUT2D eigenvalue weighted by Crippen LogP contribution is -2.43. The Morgan fingerprint density at radius 2 is 2.00 bits per heavy atom. The zero-order valence-electron chi connectivity index (χ0n) is 15.7. The van der Waals surface area contributed by atoms with Gasteiger partial charge in [0.2, 0.25) is 5.78 Å². The predicted octanol–water partition coefficient (Wildman–Crippen LogP) is 3.42. The molecule has 6 nitrogen and oxygen atoms in total. The molecule has 0 spiro atoms. The minimum absolute atomic E-state index is 0.150. The minimum Gasteiger partial charge on any atom is -0.503 e. The molecule has 0 aliphatic carbocycles. The number of ether oxygens (including phenoxy) is 1. The van der Waals surface area contributed by atoms with Crippen LogP contribution in [0.1, 0.15) is 21.3 Å². The average Bonchev–Trinajstić information content (AvgIpc) is 3.35. The van der Waals surface area contributed by atoms with E-state index in [1.54, 1.807) is 17.0 Å². The van der Waals surface area contributed by atoms with Gasteiger partial charge in [-0.25, -0.2) is 0 Å². The summed E-state index contributed by atoms with van der Waals surface area (Å²) in [6, 6.07) is 10.4. The Kier molecular flexibility index (Phi) is 6.15. The van der Waals surface area contributed by atoms with Gasteiger partial charge in [0.05, 0.1) is 29.7 Å². The van der Waals surface area contributed by atoms with Crippen LogP contribution in [0.25, 0.3) is 0 Å². The SMILES string of the molecule is O=C(C1=C(O)C(=O)N(CCN2CCOCC2)[C@H]1c1cccc(Br)c1)c1cccs1. The largest absolute Gasteiger partial charge is 0.503 e. The number of carbonyl (C=O) groups is 2. The van der Waals surface area contributed by atoms with Gasteiger partial charge in [-0.05, 0) is 29.1 Å². The standard InChI is InChI=1S/C21H21BrN2O4S/c22-15-4-1-3-14(13-15)18-17(19(25)16-5-2-12-29-16)20(26)21(27)24(18)7-6-23-8-10-28-11-9-23/h1-5,12-13,18,26H,6-11H2/t18-/m0/s1. The van der Waals surface area contributed by atoms with Crippen LogP contribution in [0.15, 0.2) is 57.6 Å². The van der Waals surface area contributed by atoms with Crippen LogP contribution in [0.5, 0.6) is 0 Å². The number of amides is 1. The van der Waals surface area contributed by atoms with Crippen LogP contribution in [0.3, 0.4) is 0 Å². The van der Waals surface area contributed by atoms with Crippen molar-refractivity contribution in [3.8, 4) is 0 Å². The normalized spacial score (nSPS) is 20.5. The number of carbonyl (C=O) groups excluding carboxylic acids is 2. The van der Waals surface area contributed by atoms with E-state index in [0.29, 0.717) is 31.2 Å². The van der Waals surface area contributed by atoms with Gasteiger partial charge >= 0.3 is 0 Å². The van der Waals surface area contributed by atoms with Crippen LogP contribution in [-0.2, 0) is 9.53 Å². The summed E-state index contributed by atoms with van der Waals surface area (Å²) in [5, 5.41) is 12.5. The van der Waals surface area contributed by atoms with E-state index in [2.05, 4.69) is 20.8 Å². The number of ketones is 1. The lowest BCUT2D eigenvalue weighted by molar-refractivity contribution is -0.129. The van der Waals surface area contributed by atoms with Crippen molar-refractivity contribution in [2.45, 2.75) is 6.04 Å². The highest BCUT2D eigenvalue weighted by molar-refractivity contribution is 9.10. The summed E-state index contributed by atoms with van der Waals surface area (Å²) in [4.78, 5) is 30.4. The summed E-state index contributed by atoms with van der Waals surface area (Å²) in [5.41, 5.74) is 0.941. The summed E-state index contributed by atoms with van der Waals surface area (Å²) in [6.07, 6.45) is 0. The van der Waals surface area contributed by atoms with Gasteiger partial charge in [0.15, 0.2) is 5.76 Å². The molecule has 4 rings (SSSR count). The van der Waals surface area contributed by atoms with Gasteiger partial charge in [0, 0.05) is 30.7 Å². The fraction of sp³-hybridized carbons (Fsp3) is 0.333. The topological polar surface area (TPSA) is 70.1 Å². The Morgan fingerprint density at radius 1 is 1.21 bits per heavy atom. The van der Waals surface area contributed by atoms with Crippen molar-refractivity contribution < 1.29 is 19.4 Å². The van der Waals surface area contributed by atoms with E-state index in [1.807, 2.05) is 29.6 Å². The van der Waals surface area contributed by atoms with Gasteiger partial charge < -0.3 is 14.7 Å². The fourth-order valence-electron chi connectivity index (χ4n) is 3.75. The first-order chi connectivity index (χ1) is 14.1. The van der Waals surface area contributed by atoms with E-state index in [4.69, 9.17) is 4.74 Å². The van der Waals surface area contributed by atoms with E-state index in [0.717, 1.165) is 23.1 Å². The van der Waals surface area contributed by atoms with Gasteiger partial charge in [-0.1, -0.05) is 34.1 Å². The molecule has 1 saturated heterocycles. The van der Waals surface area contributed by atoms with Crippen molar-refractivity contribution >= 4 is 39.0 Å². The van der Waals surface area contributed by atoms with Crippen LogP contribution in [0, 0.1) is 0 Å². The molecule has 2 aliphatic rings. The summed E-state index contributed by atoms with van der Waals surface area (Å²) in [6.45, 7) is 4.05. The highest BCUT2D eigenvalue weighted by Crippen LogP contribution is 2.40. The van der Waals surface area contributed by atoms with Crippen molar-refractivity contribution in [2.75, 3.05) is 39.4 Å². The van der Waals surface area contributed by atoms with Gasteiger partial charge in [0.25, 0.3) is 5.91 Å². The van der Waals surface area contributed by atoms with Gasteiger partial charge in [-0.3, -0.25) is 14.5 Å².